The summed E-state index contributed by atoms with van der Waals surface area (Å²) < 4.78 is 37.6. The second-order valence-corrected chi connectivity index (χ2v) is 9.17. The van der Waals surface area contributed by atoms with E-state index >= 15 is 0 Å². The van der Waals surface area contributed by atoms with Crippen LogP contribution in [0.25, 0.3) is 0 Å². The molecule has 0 fully saturated rings. The third-order valence-corrected chi connectivity index (χ3v) is 5.50. The molecule has 0 N–H and O–H groups in total. The van der Waals surface area contributed by atoms with Crippen molar-refractivity contribution in [1.82, 2.24) is 0 Å². The largest absolute Gasteiger partial charge is 0.465 e. The van der Waals surface area contributed by atoms with Gasteiger partial charge in [-0.05, 0) is 0 Å². The quantitative estimate of drug-likeness (QED) is 0.103. The van der Waals surface area contributed by atoms with Crippen LogP contribution >= 0.6 is 0 Å². The zero-order chi connectivity index (χ0) is 31.3. The highest BCUT2D eigenvalue weighted by Crippen LogP contribution is 2.26. The van der Waals surface area contributed by atoms with E-state index in [2.05, 4.69) is 13.2 Å². The molecule has 0 aliphatic carbocycles. The molecule has 0 rings (SSSR count). The summed E-state index contributed by atoms with van der Waals surface area (Å²) in [5.41, 5.74) is -2.73. The fourth-order valence-corrected chi connectivity index (χ4v) is 2.89. The molecular weight excluding hydrogens is 544 g/mol. The first-order valence-corrected chi connectivity index (χ1v) is 13.2. The molecule has 0 aromatic carbocycles. The highest BCUT2D eigenvalue weighted by Gasteiger charge is 2.40. The van der Waals surface area contributed by atoms with Gasteiger partial charge in [0.1, 0.15) is 39.6 Å². The van der Waals surface area contributed by atoms with E-state index in [-0.39, 0.29) is 78.5 Å². The van der Waals surface area contributed by atoms with Gasteiger partial charge in [0.25, 0.3) is 0 Å². The standard InChI is InChI=1S/C28H42O13/c1-7-21(29)36-15-27(16-37-22(30)8-2,17-38-23(31)9-3)13-35-14-28(18-39-24(32)10-4,19-40-25(33)11-5)20-41-26(34)12-6/h7,10H,1,4,8-9,11-20H2,2-3,5-6H3. The molecule has 13 heteroatoms. The summed E-state index contributed by atoms with van der Waals surface area (Å²) >= 11 is 0. The second-order valence-electron chi connectivity index (χ2n) is 9.17. The second kappa shape index (κ2) is 20.2. The van der Waals surface area contributed by atoms with Crippen molar-refractivity contribution in [2.45, 2.75) is 53.4 Å². The van der Waals surface area contributed by atoms with Crippen LogP contribution in [0, 0.1) is 10.8 Å². The molecule has 0 atom stereocenters. The summed E-state index contributed by atoms with van der Waals surface area (Å²) in [5, 5.41) is 0. The maximum atomic E-state index is 12.0. The molecule has 0 amide bonds. The summed E-state index contributed by atoms with van der Waals surface area (Å²) in [4.78, 5) is 71.6. The van der Waals surface area contributed by atoms with E-state index in [1.165, 1.54) is 0 Å². The lowest BCUT2D eigenvalue weighted by Gasteiger charge is -2.35. The monoisotopic (exact) mass is 586 g/mol. The molecule has 232 valence electrons. The van der Waals surface area contributed by atoms with E-state index in [1.807, 2.05) is 0 Å². The van der Waals surface area contributed by atoms with Crippen LogP contribution < -0.4 is 0 Å². The molecule has 0 saturated heterocycles. The average molecular weight is 587 g/mol. The van der Waals surface area contributed by atoms with Gasteiger partial charge in [-0.1, -0.05) is 40.9 Å². The van der Waals surface area contributed by atoms with E-state index in [9.17, 15) is 28.8 Å². The van der Waals surface area contributed by atoms with E-state index in [1.54, 1.807) is 27.7 Å². The fourth-order valence-electron chi connectivity index (χ4n) is 2.89. The van der Waals surface area contributed by atoms with Crippen molar-refractivity contribution >= 4 is 35.8 Å². The Morgan fingerprint density at radius 3 is 0.927 bits per heavy atom. The number of hydrogen-bond donors (Lipinski definition) is 0. The predicted molar refractivity (Wildman–Crippen MR) is 143 cm³/mol. The molecule has 41 heavy (non-hydrogen) atoms. The van der Waals surface area contributed by atoms with Gasteiger partial charge in [0, 0.05) is 37.8 Å². The number of hydrogen-bond acceptors (Lipinski definition) is 13. The van der Waals surface area contributed by atoms with Crippen LogP contribution in [0.15, 0.2) is 25.3 Å². The maximum absolute atomic E-state index is 12.0. The summed E-state index contributed by atoms with van der Waals surface area (Å²) in [6.45, 7) is 10.2. The van der Waals surface area contributed by atoms with Crippen LogP contribution in [0.5, 0.6) is 0 Å². The minimum Gasteiger partial charge on any atom is -0.465 e. The van der Waals surface area contributed by atoms with Gasteiger partial charge in [-0.25, -0.2) is 9.59 Å². The first-order valence-electron chi connectivity index (χ1n) is 13.2. The molecule has 0 aliphatic heterocycles. The van der Waals surface area contributed by atoms with Gasteiger partial charge in [-0.15, -0.1) is 0 Å². The summed E-state index contributed by atoms with van der Waals surface area (Å²) in [7, 11) is 0. The van der Waals surface area contributed by atoms with Crippen LogP contribution in [0.2, 0.25) is 0 Å². The highest BCUT2D eigenvalue weighted by atomic mass is 16.6. The molecule has 0 aliphatic rings. The lowest BCUT2D eigenvalue weighted by molar-refractivity contribution is -0.173. The van der Waals surface area contributed by atoms with Gasteiger partial charge in [0.05, 0.1) is 24.0 Å². The number of esters is 6. The number of carbonyl (C=O) groups is 6. The summed E-state index contributed by atoms with van der Waals surface area (Å²) in [6.07, 6.45) is 2.10. The topological polar surface area (TPSA) is 167 Å². The van der Waals surface area contributed by atoms with Gasteiger partial charge in [0.2, 0.25) is 0 Å². The first kappa shape index (κ1) is 37.3. The number of rotatable bonds is 22. The van der Waals surface area contributed by atoms with Crippen molar-refractivity contribution < 1.29 is 61.9 Å². The van der Waals surface area contributed by atoms with Crippen molar-refractivity contribution in [3.05, 3.63) is 25.3 Å². The van der Waals surface area contributed by atoms with E-state index in [4.69, 9.17) is 33.2 Å². The van der Waals surface area contributed by atoms with Gasteiger partial charge in [0.15, 0.2) is 0 Å². The van der Waals surface area contributed by atoms with Crippen molar-refractivity contribution in [2.24, 2.45) is 10.8 Å². The molecule has 0 radical (unpaired) electrons. The Bertz CT molecular complexity index is 797. The first-order chi connectivity index (χ1) is 19.4. The Morgan fingerprint density at radius 2 is 0.707 bits per heavy atom. The third-order valence-electron chi connectivity index (χ3n) is 5.50. The zero-order valence-corrected chi connectivity index (χ0v) is 24.4. The SMILES string of the molecule is C=CC(=O)OCC(COCC(COC(=O)C=C)(COC(=O)CC)COC(=O)CC)(COC(=O)CC)COC(=O)CC. The van der Waals surface area contributed by atoms with Crippen LogP contribution in [0.1, 0.15) is 53.4 Å². The molecule has 0 bridgehead atoms. The lowest BCUT2D eigenvalue weighted by Crippen LogP contribution is -2.47. The van der Waals surface area contributed by atoms with Crippen molar-refractivity contribution in [3.8, 4) is 0 Å². The third kappa shape index (κ3) is 15.6. The normalized spacial score (nSPS) is 11.0. The van der Waals surface area contributed by atoms with Crippen molar-refractivity contribution in [1.29, 1.82) is 0 Å². The van der Waals surface area contributed by atoms with Gasteiger partial charge < -0.3 is 33.2 Å². The molecule has 0 aromatic rings. The van der Waals surface area contributed by atoms with Gasteiger partial charge >= 0.3 is 35.8 Å². The van der Waals surface area contributed by atoms with E-state index in [0.717, 1.165) is 12.2 Å². The molecule has 13 nitrogen and oxygen atoms in total. The molecule has 0 aromatic heterocycles. The Hall–Kier alpha value is -3.74. The van der Waals surface area contributed by atoms with Crippen LogP contribution in [-0.4, -0.2) is 88.7 Å². The summed E-state index contributed by atoms with van der Waals surface area (Å²) in [6, 6.07) is 0. The Balaban J connectivity index is 6.24. The van der Waals surface area contributed by atoms with E-state index < -0.39 is 46.6 Å². The van der Waals surface area contributed by atoms with Gasteiger partial charge in [-0.2, -0.15) is 0 Å². The van der Waals surface area contributed by atoms with Crippen molar-refractivity contribution in [2.75, 3.05) is 52.9 Å². The minimum atomic E-state index is -1.36. The smallest absolute Gasteiger partial charge is 0.330 e. The number of ether oxygens (including phenoxy) is 7. The Labute approximate surface area is 240 Å². The van der Waals surface area contributed by atoms with Gasteiger partial charge in [-0.3, -0.25) is 19.2 Å². The molecular formula is C28H42O13. The van der Waals surface area contributed by atoms with Crippen molar-refractivity contribution in [3.63, 3.8) is 0 Å². The van der Waals surface area contributed by atoms with Crippen LogP contribution in [-0.2, 0) is 61.9 Å². The molecule has 0 heterocycles. The molecule has 0 unspecified atom stereocenters. The molecule has 0 spiro atoms. The van der Waals surface area contributed by atoms with Crippen LogP contribution in [0.4, 0.5) is 0 Å². The van der Waals surface area contributed by atoms with E-state index in [0.29, 0.717) is 0 Å². The lowest BCUT2D eigenvalue weighted by atomic mass is 9.90. The average Bonchev–Trinajstić information content (AvgIpc) is 3.00. The zero-order valence-electron chi connectivity index (χ0n) is 24.4. The highest BCUT2D eigenvalue weighted by molar-refractivity contribution is 5.81. The maximum Gasteiger partial charge on any atom is 0.330 e. The van der Waals surface area contributed by atoms with Crippen LogP contribution in [0.3, 0.4) is 0 Å². The molecule has 0 saturated carbocycles. The minimum absolute atomic E-state index is 0.0570. The Morgan fingerprint density at radius 1 is 0.463 bits per heavy atom. The predicted octanol–water partition coefficient (Wildman–Crippen LogP) is 2.25. The number of carbonyl (C=O) groups excluding carboxylic acids is 6. The fraction of sp³-hybridized carbons (Fsp3) is 0.643. The Kier molecular flexibility index (Phi) is 18.3. The summed E-state index contributed by atoms with van der Waals surface area (Å²) in [5.74, 6) is -3.79.